The van der Waals surface area contributed by atoms with Crippen molar-refractivity contribution in [2.45, 2.75) is 0 Å². The summed E-state index contributed by atoms with van der Waals surface area (Å²) in [5.74, 6) is 0. The normalized spacial score (nSPS) is 11.4. The molecule has 31 heavy (non-hydrogen) atoms. The second kappa shape index (κ2) is 6.96. The fourth-order valence-corrected chi connectivity index (χ4v) is 4.71. The topological polar surface area (TPSA) is 20.3 Å². The maximum absolute atomic E-state index is 12.4. The lowest BCUT2D eigenvalue weighted by Gasteiger charge is -2.22. The maximum atomic E-state index is 12.4. The molecule has 0 N–H and O–H groups in total. The van der Waals surface area contributed by atoms with Crippen molar-refractivity contribution in [2.75, 3.05) is 4.90 Å². The van der Waals surface area contributed by atoms with Gasteiger partial charge in [-0.05, 0) is 44.5 Å². The molecular weight excluding hydrogens is 378 g/mol. The average molecular weight is 397 g/mol. The molecule has 0 heterocycles. The van der Waals surface area contributed by atoms with Crippen molar-refractivity contribution < 1.29 is 4.79 Å². The first-order chi connectivity index (χ1) is 15.3. The fourth-order valence-electron chi connectivity index (χ4n) is 4.71. The van der Waals surface area contributed by atoms with Crippen molar-refractivity contribution in [3.8, 4) is 0 Å². The van der Waals surface area contributed by atoms with Gasteiger partial charge in [-0.15, -0.1) is 0 Å². The zero-order valence-electron chi connectivity index (χ0n) is 16.8. The quantitative estimate of drug-likeness (QED) is 0.222. The monoisotopic (exact) mass is 397 g/mol. The van der Waals surface area contributed by atoms with Crippen LogP contribution in [0.2, 0.25) is 0 Å². The maximum Gasteiger partial charge on any atom is 0.218 e. The molecule has 0 saturated heterocycles. The van der Waals surface area contributed by atoms with Crippen LogP contribution in [-0.2, 0) is 4.79 Å². The first-order valence-corrected chi connectivity index (χ1v) is 10.4. The molecule has 2 heteroatoms. The zero-order valence-corrected chi connectivity index (χ0v) is 16.8. The minimum Gasteiger partial charge on any atom is -0.282 e. The standard InChI is InChI=1S/C29H19NO/c31-19-30(28-13-5-11-24-22-9-3-1-7-20(22)15-17-26(24)28)29-14-6-12-25-23-10-4-2-8-21(23)16-18-27(25)29/h1-19H. The van der Waals surface area contributed by atoms with Crippen molar-refractivity contribution in [3.05, 3.63) is 109 Å². The number of nitrogens with zero attached hydrogens (tertiary/aromatic N) is 1. The Labute approximate surface area is 180 Å². The van der Waals surface area contributed by atoms with Crippen LogP contribution in [0.25, 0.3) is 43.1 Å². The molecule has 0 aliphatic carbocycles. The average Bonchev–Trinajstić information content (AvgIpc) is 2.84. The number of anilines is 2. The van der Waals surface area contributed by atoms with E-state index < -0.39 is 0 Å². The molecule has 0 aliphatic rings. The Morgan fingerprint density at radius 1 is 0.419 bits per heavy atom. The van der Waals surface area contributed by atoms with Crippen molar-refractivity contribution in [1.82, 2.24) is 0 Å². The van der Waals surface area contributed by atoms with Crippen LogP contribution < -0.4 is 4.90 Å². The molecule has 1 amide bonds. The van der Waals surface area contributed by atoms with E-state index in [0.29, 0.717) is 0 Å². The van der Waals surface area contributed by atoms with Gasteiger partial charge in [0.1, 0.15) is 0 Å². The first-order valence-electron chi connectivity index (χ1n) is 10.4. The highest BCUT2D eigenvalue weighted by Crippen LogP contribution is 2.39. The molecule has 0 saturated carbocycles. The lowest BCUT2D eigenvalue weighted by molar-refractivity contribution is -0.106. The number of rotatable bonds is 3. The highest BCUT2D eigenvalue weighted by molar-refractivity contribution is 6.17. The number of benzene rings is 6. The van der Waals surface area contributed by atoms with Crippen molar-refractivity contribution in [3.63, 3.8) is 0 Å². The smallest absolute Gasteiger partial charge is 0.218 e. The first kappa shape index (κ1) is 17.7. The Hall–Kier alpha value is -4.17. The molecule has 0 aliphatic heterocycles. The number of hydrogen-bond donors (Lipinski definition) is 0. The van der Waals surface area contributed by atoms with Crippen molar-refractivity contribution in [1.29, 1.82) is 0 Å². The van der Waals surface area contributed by atoms with E-state index in [1.165, 1.54) is 21.5 Å². The van der Waals surface area contributed by atoms with E-state index in [-0.39, 0.29) is 0 Å². The van der Waals surface area contributed by atoms with E-state index in [2.05, 4.69) is 84.9 Å². The van der Waals surface area contributed by atoms with Crippen LogP contribution in [0.4, 0.5) is 11.4 Å². The Kier molecular flexibility index (Phi) is 3.97. The molecule has 0 aromatic heterocycles. The van der Waals surface area contributed by atoms with Gasteiger partial charge in [-0.2, -0.15) is 0 Å². The van der Waals surface area contributed by atoms with Gasteiger partial charge in [0, 0.05) is 10.8 Å². The summed E-state index contributed by atoms with van der Waals surface area (Å²) in [7, 11) is 0. The van der Waals surface area contributed by atoms with Gasteiger partial charge in [-0.3, -0.25) is 9.69 Å². The highest BCUT2D eigenvalue weighted by atomic mass is 16.1. The summed E-state index contributed by atoms with van der Waals surface area (Å²) >= 11 is 0. The Morgan fingerprint density at radius 3 is 1.35 bits per heavy atom. The van der Waals surface area contributed by atoms with Crippen LogP contribution in [0.3, 0.4) is 0 Å². The highest BCUT2D eigenvalue weighted by Gasteiger charge is 2.16. The Balaban J connectivity index is 1.64. The zero-order chi connectivity index (χ0) is 20.8. The molecule has 6 aromatic carbocycles. The van der Waals surface area contributed by atoms with Gasteiger partial charge in [-0.1, -0.05) is 97.1 Å². The third-order valence-corrected chi connectivity index (χ3v) is 6.15. The number of amides is 1. The minimum absolute atomic E-state index is 0.888. The predicted octanol–water partition coefficient (Wildman–Crippen LogP) is 7.59. The van der Waals surface area contributed by atoms with Crippen LogP contribution in [0.1, 0.15) is 0 Å². The number of carbonyl (C=O) groups is 1. The fraction of sp³-hybridized carbons (Fsp3) is 0. The van der Waals surface area contributed by atoms with E-state index in [1.807, 2.05) is 24.3 Å². The third-order valence-electron chi connectivity index (χ3n) is 6.15. The van der Waals surface area contributed by atoms with Crippen LogP contribution in [0.5, 0.6) is 0 Å². The van der Waals surface area contributed by atoms with Gasteiger partial charge >= 0.3 is 0 Å². The molecule has 0 atom stereocenters. The number of carbonyl (C=O) groups excluding carboxylic acids is 1. The Morgan fingerprint density at radius 2 is 0.871 bits per heavy atom. The van der Waals surface area contributed by atoms with Gasteiger partial charge in [0.25, 0.3) is 0 Å². The summed E-state index contributed by atoms with van der Waals surface area (Å²) in [6.07, 6.45) is 0.925. The minimum atomic E-state index is 0.888. The second-order valence-corrected chi connectivity index (χ2v) is 7.79. The van der Waals surface area contributed by atoms with E-state index in [0.717, 1.165) is 39.3 Å². The summed E-state index contributed by atoms with van der Waals surface area (Å²) in [5.41, 5.74) is 1.78. The Bertz CT molecular complexity index is 1500. The predicted molar refractivity (Wildman–Crippen MR) is 131 cm³/mol. The molecular formula is C29H19NO. The van der Waals surface area contributed by atoms with E-state index in [9.17, 15) is 4.79 Å². The third kappa shape index (κ3) is 2.69. The summed E-state index contributed by atoms with van der Waals surface area (Å²) in [5, 5.41) is 9.19. The van der Waals surface area contributed by atoms with E-state index in [1.54, 1.807) is 4.90 Å². The van der Waals surface area contributed by atoms with E-state index in [4.69, 9.17) is 0 Å². The number of hydrogen-bond acceptors (Lipinski definition) is 1. The lowest BCUT2D eigenvalue weighted by Crippen LogP contribution is -2.14. The van der Waals surface area contributed by atoms with Gasteiger partial charge in [0.15, 0.2) is 0 Å². The SMILES string of the molecule is O=CN(c1cccc2c1ccc1ccccc12)c1cccc2c1ccc1ccccc12. The molecule has 146 valence electrons. The van der Waals surface area contributed by atoms with Crippen LogP contribution in [0, 0.1) is 0 Å². The molecule has 0 unspecified atom stereocenters. The molecule has 0 bridgehead atoms. The second-order valence-electron chi connectivity index (χ2n) is 7.79. The summed E-state index contributed by atoms with van der Waals surface area (Å²) < 4.78 is 0. The van der Waals surface area contributed by atoms with E-state index >= 15 is 0 Å². The molecule has 2 nitrogen and oxygen atoms in total. The van der Waals surface area contributed by atoms with Crippen molar-refractivity contribution >= 4 is 60.9 Å². The molecule has 0 fully saturated rings. The molecule has 0 spiro atoms. The molecule has 0 radical (unpaired) electrons. The van der Waals surface area contributed by atoms with Gasteiger partial charge < -0.3 is 0 Å². The summed E-state index contributed by atoms with van der Waals surface area (Å²) in [6, 6.07) is 37.6. The largest absolute Gasteiger partial charge is 0.282 e. The van der Waals surface area contributed by atoms with Gasteiger partial charge in [0.2, 0.25) is 6.41 Å². The number of fused-ring (bicyclic) bond motifs is 6. The van der Waals surface area contributed by atoms with Gasteiger partial charge in [0.05, 0.1) is 11.4 Å². The van der Waals surface area contributed by atoms with Crippen LogP contribution >= 0.6 is 0 Å². The summed E-state index contributed by atoms with van der Waals surface area (Å²) in [6.45, 7) is 0. The van der Waals surface area contributed by atoms with Crippen LogP contribution in [-0.4, -0.2) is 6.41 Å². The molecule has 6 aromatic rings. The lowest BCUT2D eigenvalue weighted by atomic mass is 9.98. The van der Waals surface area contributed by atoms with Crippen molar-refractivity contribution in [2.24, 2.45) is 0 Å². The molecule has 6 rings (SSSR count). The summed E-state index contributed by atoms with van der Waals surface area (Å²) in [4.78, 5) is 14.2. The van der Waals surface area contributed by atoms with Gasteiger partial charge in [-0.25, -0.2) is 0 Å². The van der Waals surface area contributed by atoms with Crippen LogP contribution in [0.15, 0.2) is 109 Å².